The Morgan fingerprint density at radius 2 is 1.80 bits per heavy atom. The van der Waals surface area contributed by atoms with Gasteiger partial charge in [0.05, 0.1) is 6.61 Å². The van der Waals surface area contributed by atoms with E-state index in [0.29, 0.717) is 5.75 Å². The molecule has 4 rings (SSSR count). The highest BCUT2D eigenvalue weighted by atomic mass is 16.8. The van der Waals surface area contributed by atoms with Gasteiger partial charge >= 0.3 is 0 Å². The van der Waals surface area contributed by atoms with E-state index in [0.717, 1.165) is 10.8 Å². The van der Waals surface area contributed by atoms with Crippen molar-refractivity contribution in [2.75, 3.05) is 6.61 Å². The summed E-state index contributed by atoms with van der Waals surface area (Å²) in [5.74, 6) is -0.236. The molecule has 2 N–H and O–H groups in total. The summed E-state index contributed by atoms with van der Waals surface area (Å²) in [6.07, 6.45) is -4.52. The summed E-state index contributed by atoms with van der Waals surface area (Å²) in [6.45, 7) is 3.79. The van der Waals surface area contributed by atoms with Crippen LogP contribution in [0, 0.1) is 0 Å². The van der Waals surface area contributed by atoms with Gasteiger partial charge in [0.2, 0.25) is 6.29 Å². The zero-order valence-electron chi connectivity index (χ0n) is 14.2. The van der Waals surface area contributed by atoms with Gasteiger partial charge in [-0.25, -0.2) is 0 Å². The molecule has 25 heavy (non-hydrogen) atoms. The fourth-order valence-electron chi connectivity index (χ4n) is 3.35. The topological polar surface area (TPSA) is 77.4 Å². The minimum atomic E-state index is -1.23. The fourth-order valence-corrected chi connectivity index (χ4v) is 3.35. The molecule has 0 saturated carbocycles. The SMILES string of the molecule is CC1(C)OC[C@@H]2O[C@H](Oc3cccc4ccccc34)[C@H](O)[C@H](O)[C@H]2O1. The third-order valence-electron chi connectivity index (χ3n) is 4.65. The Morgan fingerprint density at radius 1 is 1.04 bits per heavy atom. The van der Waals surface area contributed by atoms with Crippen LogP contribution in [0.4, 0.5) is 0 Å². The first-order chi connectivity index (χ1) is 11.9. The van der Waals surface area contributed by atoms with Gasteiger partial charge in [-0.05, 0) is 25.3 Å². The second-order valence-corrected chi connectivity index (χ2v) is 6.91. The van der Waals surface area contributed by atoms with E-state index in [-0.39, 0.29) is 6.61 Å². The number of benzene rings is 2. The Hall–Kier alpha value is -1.70. The largest absolute Gasteiger partial charge is 0.461 e. The van der Waals surface area contributed by atoms with E-state index in [1.54, 1.807) is 13.8 Å². The van der Waals surface area contributed by atoms with Gasteiger partial charge in [0.1, 0.15) is 30.2 Å². The van der Waals surface area contributed by atoms with Crippen molar-refractivity contribution in [2.45, 2.75) is 50.3 Å². The van der Waals surface area contributed by atoms with Crippen LogP contribution in [0.25, 0.3) is 10.8 Å². The predicted molar refractivity (Wildman–Crippen MR) is 90.2 cm³/mol. The zero-order chi connectivity index (χ0) is 17.6. The van der Waals surface area contributed by atoms with E-state index in [4.69, 9.17) is 18.9 Å². The molecule has 0 aliphatic carbocycles. The summed E-state index contributed by atoms with van der Waals surface area (Å²) < 4.78 is 23.1. The Kier molecular flexibility index (Phi) is 4.17. The van der Waals surface area contributed by atoms with Crippen LogP contribution in [0.2, 0.25) is 0 Å². The maximum Gasteiger partial charge on any atom is 0.229 e. The molecule has 2 saturated heterocycles. The molecule has 0 unspecified atom stereocenters. The number of rotatable bonds is 2. The Morgan fingerprint density at radius 3 is 2.64 bits per heavy atom. The van der Waals surface area contributed by atoms with Crippen molar-refractivity contribution >= 4 is 10.8 Å². The Balaban J connectivity index is 1.57. The molecule has 6 heteroatoms. The van der Waals surface area contributed by atoms with E-state index < -0.39 is 36.5 Å². The van der Waals surface area contributed by atoms with Gasteiger partial charge in [-0.15, -0.1) is 0 Å². The van der Waals surface area contributed by atoms with E-state index in [1.807, 2.05) is 42.5 Å². The molecule has 2 heterocycles. The average molecular weight is 346 g/mol. The van der Waals surface area contributed by atoms with E-state index in [9.17, 15) is 10.2 Å². The molecule has 0 aromatic heterocycles. The smallest absolute Gasteiger partial charge is 0.229 e. The first kappa shape index (κ1) is 16.8. The molecule has 5 atom stereocenters. The van der Waals surface area contributed by atoms with E-state index in [1.165, 1.54) is 0 Å². The lowest BCUT2D eigenvalue weighted by molar-refractivity contribution is -0.373. The van der Waals surface area contributed by atoms with Crippen molar-refractivity contribution in [2.24, 2.45) is 0 Å². The van der Waals surface area contributed by atoms with Crippen LogP contribution in [0.5, 0.6) is 5.75 Å². The molecular formula is C19H22O6. The summed E-state index contributed by atoms with van der Waals surface area (Å²) in [4.78, 5) is 0. The summed E-state index contributed by atoms with van der Waals surface area (Å²) in [7, 11) is 0. The first-order valence-corrected chi connectivity index (χ1v) is 8.42. The van der Waals surface area contributed by atoms with Crippen molar-refractivity contribution in [3.05, 3.63) is 42.5 Å². The Labute approximate surface area is 145 Å². The quantitative estimate of drug-likeness (QED) is 0.864. The number of aliphatic hydroxyl groups excluding tert-OH is 2. The molecule has 2 fully saturated rings. The van der Waals surface area contributed by atoms with Gasteiger partial charge in [-0.1, -0.05) is 36.4 Å². The van der Waals surface area contributed by atoms with Crippen LogP contribution in [0.3, 0.4) is 0 Å². The highest BCUT2D eigenvalue weighted by Crippen LogP contribution is 2.34. The van der Waals surface area contributed by atoms with Crippen LogP contribution in [0.1, 0.15) is 13.8 Å². The molecule has 134 valence electrons. The van der Waals surface area contributed by atoms with Crippen molar-refractivity contribution in [3.63, 3.8) is 0 Å². The van der Waals surface area contributed by atoms with Crippen LogP contribution < -0.4 is 4.74 Å². The molecule has 0 spiro atoms. The number of hydrogen-bond donors (Lipinski definition) is 2. The molecule has 2 aromatic rings. The summed E-state index contributed by atoms with van der Waals surface area (Å²) in [5.41, 5.74) is 0. The van der Waals surface area contributed by atoms with E-state index >= 15 is 0 Å². The van der Waals surface area contributed by atoms with Gasteiger partial charge in [-0.2, -0.15) is 0 Å². The molecule has 0 bridgehead atoms. The van der Waals surface area contributed by atoms with Crippen LogP contribution in [-0.2, 0) is 14.2 Å². The lowest BCUT2D eigenvalue weighted by Crippen LogP contribution is -2.65. The predicted octanol–water partition coefficient (Wildman–Crippen LogP) is 1.82. The van der Waals surface area contributed by atoms with Crippen molar-refractivity contribution in [1.82, 2.24) is 0 Å². The van der Waals surface area contributed by atoms with Gasteiger partial charge in [-0.3, -0.25) is 0 Å². The lowest BCUT2D eigenvalue weighted by atomic mass is 9.97. The number of hydrogen-bond acceptors (Lipinski definition) is 6. The summed E-state index contributed by atoms with van der Waals surface area (Å²) >= 11 is 0. The minimum absolute atomic E-state index is 0.261. The van der Waals surface area contributed by atoms with Gasteiger partial charge in [0.15, 0.2) is 5.79 Å². The van der Waals surface area contributed by atoms with Gasteiger partial charge < -0.3 is 29.2 Å². The normalized spacial score (nSPS) is 34.5. The van der Waals surface area contributed by atoms with Crippen molar-refractivity contribution < 1.29 is 29.2 Å². The number of fused-ring (bicyclic) bond motifs is 2. The van der Waals surface area contributed by atoms with E-state index in [2.05, 4.69) is 0 Å². The standard InChI is InChI=1S/C19H22O6/c1-19(2)22-10-14-17(25-19)15(20)16(21)18(24-14)23-13-9-5-7-11-6-3-4-8-12(11)13/h3-9,14-18,20-21H,10H2,1-2H3/t14-,15-,16+,17-,18-/m0/s1. The summed E-state index contributed by atoms with van der Waals surface area (Å²) in [5, 5.41) is 22.9. The molecule has 2 aromatic carbocycles. The van der Waals surface area contributed by atoms with Crippen LogP contribution in [-0.4, -0.2) is 53.3 Å². The first-order valence-electron chi connectivity index (χ1n) is 8.42. The van der Waals surface area contributed by atoms with Gasteiger partial charge in [0.25, 0.3) is 0 Å². The average Bonchev–Trinajstić information content (AvgIpc) is 2.60. The van der Waals surface area contributed by atoms with Crippen LogP contribution in [0.15, 0.2) is 42.5 Å². The van der Waals surface area contributed by atoms with Crippen molar-refractivity contribution in [1.29, 1.82) is 0 Å². The van der Waals surface area contributed by atoms with Crippen LogP contribution >= 0.6 is 0 Å². The lowest BCUT2D eigenvalue weighted by Gasteiger charge is -2.48. The number of aliphatic hydroxyl groups is 2. The molecule has 0 amide bonds. The fraction of sp³-hybridized carbons (Fsp3) is 0.474. The molecule has 2 aliphatic heterocycles. The third-order valence-corrected chi connectivity index (χ3v) is 4.65. The Bertz CT molecular complexity index is 753. The molecule has 0 radical (unpaired) electrons. The highest BCUT2D eigenvalue weighted by molar-refractivity contribution is 5.88. The molecular weight excluding hydrogens is 324 g/mol. The maximum absolute atomic E-state index is 10.5. The van der Waals surface area contributed by atoms with Gasteiger partial charge in [0, 0.05) is 5.39 Å². The third kappa shape index (κ3) is 3.12. The maximum atomic E-state index is 10.5. The second kappa shape index (κ2) is 6.23. The molecule has 2 aliphatic rings. The molecule has 6 nitrogen and oxygen atoms in total. The second-order valence-electron chi connectivity index (χ2n) is 6.91. The summed E-state index contributed by atoms with van der Waals surface area (Å²) in [6, 6.07) is 13.5. The number of ether oxygens (including phenoxy) is 4. The zero-order valence-corrected chi connectivity index (χ0v) is 14.2. The monoisotopic (exact) mass is 346 g/mol. The minimum Gasteiger partial charge on any atom is -0.461 e. The van der Waals surface area contributed by atoms with Crippen molar-refractivity contribution in [3.8, 4) is 5.75 Å². The highest BCUT2D eigenvalue weighted by Gasteiger charge is 2.51.